The van der Waals surface area contributed by atoms with Gasteiger partial charge in [0, 0.05) is 0 Å². The SMILES string of the molecule is C[C@H](C(=O)O)C1CCCCC1(C)C. The fraction of sp³-hybridized carbons (Fsp3) is 0.909. The lowest BCUT2D eigenvalue weighted by atomic mass is 9.64. The van der Waals surface area contributed by atoms with Gasteiger partial charge in [-0.1, -0.05) is 33.6 Å². The quantitative estimate of drug-likeness (QED) is 0.716. The first-order valence-electron chi connectivity index (χ1n) is 5.18. The van der Waals surface area contributed by atoms with E-state index in [9.17, 15) is 4.79 Å². The summed E-state index contributed by atoms with van der Waals surface area (Å²) in [6.45, 7) is 6.26. The Morgan fingerprint density at radius 2 is 2.08 bits per heavy atom. The highest BCUT2D eigenvalue weighted by molar-refractivity contribution is 5.70. The van der Waals surface area contributed by atoms with Gasteiger partial charge in [-0.3, -0.25) is 4.79 Å². The van der Waals surface area contributed by atoms with Crippen LogP contribution in [0.2, 0.25) is 0 Å². The predicted octanol–water partition coefficient (Wildman–Crippen LogP) is 2.92. The number of hydrogen-bond donors (Lipinski definition) is 1. The van der Waals surface area contributed by atoms with Crippen LogP contribution in [0.5, 0.6) is 0 Å². The van der Waals surface area contributed by atoms with Crippen LogP contribution < -0.4 is 0 Å². The van der Waals surface area contributed by atoms with Crippen LogP contribution in [0, 0.1) is 17.3 Å². The molecule has 2 heteroatoms. The molecular formula is C11H20O2. The second kappa shape index (κ2) is 3.69. The van der Waals surface area contributed by atoms with E-state index in [1.54, 1.807) is 0 Å². The molecule has 0 spiro atoms. The Kier molecular flexibility index (Phi) is 2.99. The summed E-state index contributed by atoms with van der Waals surface area (Å²) >= 11 is 0. The van der Waals surface area contributed by atoms with Crippen molar-refractivity contribution in [2.75, 3.05) is 0 Å². The zero-order valence-electron chi connectivity index (χ0n) is 8.84. The van der Waals surface area contributed by atoms with Crippen LogP contribution in [0.15, 0.2) is 0 Å². The predicted molar refractivity (Wildman–Crippen MR) is 52.5 cm³/mol. The molecule has 1 saturated carbocycles. The van der Waals surface area contributed by atoms with Crippen LogP contribution >= 0.6 is 0 Å². The third kappa shape index (κ3) is 2.23. The Morgan fingerprint density at radius 3 is 2.54 bits per heavy atom. The van der Waals surface area contributed by atoms with Gasteiger partial charge in [-0.2, -0.15) is 0 Å². The summed E-state index contributed by atoms with van der Waals surface area (Å²) in [6.07, 6.45) is 4.72. The smallest absolute Gasteiger partial charge is 0.306 e. The first-order valence-corrected chi connectivity index (χ1v) is 5.18. The molecule has 1 rings (SSSR count). The van der Waals surface area contributed by atoms with Gasteiger partial charge in [0.2, 0.25) is 0 Å². The fourth-order valence-corrected chi connectivity index (χ4v) is 2.62. The van der Waals surface area contributed by atoms with E-state index in [1.807, 2.05) is 6.92 Å². The molecule has 2 atom stereocenters. The van der Waals surface area contributed by atoms with Crippen molar-refractivity contribution in [3.05, 3.63) is 0 Å². The molecule has 1 unspecified atom stereocenters. The maximum absolute atomic E-state index is 10.9. The van der Waals surface area contributed by atoms with Crippen molar-refractivity contribution >= 4 is 5.97 Å². The minimum atomic E-state index is -0.639. The van der Waals surface area contributed by atoms with Crippen LogP contribution in [-0.4, -0.2) is 11.1 Å². The van der Waals surface area contributed by atoms with E-state index in [2.05, 4.69) is 13.8 Å². The lowest BCUT2D eigenvalue weighted by Crippen LogP contribution is -2.35. The highest BCUT2D eigenvalue weighted by atomic mass is 16.4. The Hall–Kier alpha value is -0.530. The van der Waals surface area contributed by atoms with Crippen molar-refractivity contribution in [2.45, 2.75) is 46.5 Å². The number of aliphatic carboxylic acids is 1. The molecule has 1 N–H and O–H groups in total. The zero-order valence-corrected chi connectivity index (χ0v) is 8.84. The number of rotatable bonds is 2. The molecule has 0 aromatic heterocycles. The Labute approximate surface area is 80.3 Å². The molecule has 1 aliphatic carbocycles. The van der Waals surface area contributed by atoms with E-state index in [4.69, 9.17) is 5.11 Å². The van der Waals surface area contributed by atoms with Crippen molar-refractivity contribution in [1.82, 2.24) is 0 Å². The Morgan fingerprint density at radius 1 is 1.46 bits per heavy atom. The van der Waals surface area contributed by atoms with E-state index in [1.165, 1.54) is 19.3 Å². The van der Waals surface area contributed by atoms with E-state index in [0.29, 0.717) is 5.92 Å². The van der Waals surface area contributed by atoms with Gasteiger partial charge in [-0.25, -0.2) is 0 Å². The van der Waals surface area contributed by atoms with Crippen molar-refractivity contribution in [3.63, 3.8) is 0 Å². The monoisotopic (exact) mass is 184 g/mol. The van der Waals surface area contributed by atoms with Crippen LogP contribution in [0.4, 0.5) is 0 Å². The summed E-state index contributed by atoms with van der Waals surface area (Å²) in [7, 11) is 0. The molecule has 2 nitrogen and oxygen atoms in total. The first-order chi connectivity index (χ1) is 5.95. The maximum Gasteiger partial charge on any atom is 0.306 e. The van der Waals surface area contributed by atoms with Crippen molar-refractivity contribution in [3.8, 4) is 0 Å². The van der Waals surface area contributed by atoms with Crippen molar-refractivity contribution < 1.29 is 9.90 Å². The normalized spacial score (nSPS) is 29.6. The second-order valence-corrected chi connectivity index (χ2v) is 4.97. The van der Waals surface area contributed by atoms with Gasteiger partial charge in [-0.15, -0.1) is 0 Å². The summed E-state index contributed by atoms with van der Waals surface area (Å²) in [5.41, 5.74) is 0.218. The molecular weight excluding hydrogens is 164 g/mol. The van der Waals surface area contributed by atoms with Gasteiger partial charge < -0.3 is 5.11 Å². The molecule has 0 bridgehead atoms. The zero-order chi connectivity index (χ0) is 10.1. The molecule has 0 aliphatic heterocycles. The van der Waals surface area contributed by atoms with E-state index < -0.39 is 5.97 Å². The molecule has 1 aliphatic rings. The van der Waals surface area contributed by atoms with E-state index in [0.717, 1.165) is 6.42 Å². The molecule has 76 valence electrons. The van der Waals surface area contributed by atoms with Gasteiger partial charge in [-0.05, 0) is 24.2 Å². The van der Waals surface area contributed by atoms with E-state index in [-0.39, 0.29) is 11.3 Å². The lowest BCUT2D eigenvalue weighted by Gasteiger charge is -2.40. The third-order valence-corrected chi connectivity index (χ3v) is 3.58. The Bertz CT molecular complexity index is 196. The van der Waals surface area contributed by atoms with E-state index >= 15 is 0 Å². The molecule has 0 aromatic carbocycles. The second-order valence-electron chi connectivity index (χ2n) is 4.97. The molecule has 0 saturated heterocycles. The van der Waals surface area contributed by atoms with Crippen LogP contribution in [-0.2, 0) is 4.79 Å². The van der Waals surface area contributed by atoms with Gasteiger partial charge >= 0.3 is 5.97 Å². The third-order valence-electron chi connectivity index (χ3n) is 3.58. The van der Waals surface area contributed by atoms with Gasteiger partial charge in [0.1, 0.15) is 0 Å². The summed E-state index contributed by atoms with van der Waals surface area (Å²) in [6, 6.07) is 0. The molecule has 0 radical (unpaired) electrons. The minimum Gasteiger partial charge on any atom is -0.481 e. The van der Waals surface area contributed by atoms with Crippen LogP contribution in [0.25, 0.3) is 0 Å². The maximum atomic E-state index is 10.9. The molecule has 0 aromatic rings. The number of hydrogen-bond acceptors (Lipinski definition) is 1. The molecule has 0 amide bonds. The van der Waals surface area contributed by atoms with Crippen LogP contribution in [0.3, 0.4) is 0 Å². The average molecular weight is 184 g/mol. The number of carboxylic acid groups (broad SMARTS) is 1. The number of carboxylic acids is 1. The fourth-order valence-electron chi connectivity index (χ4n) is 2.62. The minimum absolute atomic E-state index is 0.185. The summed E-state index contributed by atoms with van der Waals surface area (Å²) < 4.78 is 0. The number of carbonyl (C=O) groups is 1. The largest absolute Gasteiger partial charge is 0.481 e. The topological polar surface area (TPSA) is 37.3 Å². The highest BCUT2D eigenvalue weighted by Gasteiger charge is 2.38. The Balaban J connectivity index is 2.70. The average Bonchev–Trinajstić information content (AvgIpc) is 2.02. The standard InChI is InChI=1S/C11H20O2/c1-8(10(12)13)9-6-4-5-7-11(9,2)3/h8-9H,4-7H2,1-3H3,(H,12,13)/t8-,9?/m0/s1. The summed E-state index contributed by atoms with van der Waals surface area (Å²) in [5.74, 6) is -0.464. The van der Waals surface area contributed by atoms with Crippen molar-refractivity contribution in [1.29, 1.82) is 0 Å². The van der Waals surface area contributed by atoms with Gasteiger partial charge in [0.15, 0.2) is 0 Å². The lowest BCUT2D eigenvalue weighted by molar-refractivity contribution is -0.145. The van der Waals surface area contributed by atoms with Gasteiger partial charge in [0.25, 0.3) is 0 Å². The van der Waals surface area contributed by atoms with Gasteiger partial charge in [0.05, 0.1) is 5.92 Å². The molecule has 13 heavy (non-hydrogen) atoms. The summed E-state index contributed by atoms with van der Waals surface area (Å²) in [5, 5.41) is 8.97. The van der Waals surface area contributed by atoms with Crippen LogP contribution in [0.1, 0.15) is 46.5 Å². The first kappa shape index (κ1) is 10.6. The highest BCUT2D eigenvalue weighted by Crippen LogP contribution is 2.44. The van der Waals surface area contributed by atoms with Crippen molar-refractivity contribution in [2.24, 2.45) is 17.3 Å². The molecule has 0 heterocycles. The summed E-state index contributed by atoms with van der Waals surface area (Å²) in [4.78, 5) is 10.9. The molecule has 1 fully saturated rings.